The van der Waals surface area contributed by atoms with Crippen LogP contribution in [0.5, 0.6) is 5.75 Å². The van der Waals surface area contributed by atoms with E-state index in [2.05, 4.69) is 10.6 Å². The molecule has 12 heteroatoms. The Bertz CT molecular complexity index is 1150. The van der Waals surface area contributed by atoms with Crippen LogP contribution >= 0.6 is 0 Å². The van der Waals surface area contributed by atoms with Crippen LogP contribution in [0.3, 0.4) is 0 Å². The minimum absolute atomic E-state index is 0.0239. The minimum atomic E-state index is -4.45. The average Bonchev–Trinajstić information content (AvgIpc) is 2.84. The van der Waals surface area contributed by atoms with Gasteiger partial charge in [0.25, 0.3) is 0 Å². The summed E-state index contributed by atoms with van der Waals surface area (Å²) < 4.78 is 65.0. The zero-order valence-corrected chi connectivity index (χ0v) is 19.2. The molecule has 1 atom stereocenters. The lowest BCUT2D eigenvalue weighted by Gasteiger charge is -2.34. The molecule has 0 aromatic heterocycles. The molecule has 184 valence electrons. The fourth-order valence-corrected chi connectivity index (χ4v) is 5.11. The summed E-state index contributed by atoms with van der Waals surface area (Å²) >= 11 is 0. The maximum atomic E-state index is 14.1. The summed E-state index contributed by atoms with van der Waals surface area (Å²) in [6.07, 6.45) is -0.434. The molecule has 1 aliphatic heterocycles. The van der Waals surface area contributed by atoms with Crippen LogP contribution in [-0.4, -0.2) is 64.1 Å². The van der Waals surface area contributed by atoms with Crippen molar-refractivity contribution < 1.29 is 36.3 Å². The Balaban J connectivity index is 1.58. The summed E-state index contributed by atoms with van der Waals surface area (Å²) in [6, 6.07) is 9.37. The summed E-state index contributed by atoms with van der Waals surface area (Å²) in [4.78, 5) is 23.5. The molecule has 0 bridgehead atoms. The molecular formula is C22H25F2N3O6S. The number of rotatable bonds is 8. The number of halogens is 2. The SMILES string of the molecule is COc1ccccc1CCNC(=O)C(=O)NC[C@H]1OCCCN1S(=O)(=O)c1cc(F)ccc1F. The number of methoxy groups -OCH3 is 1. The minimum Gasteiger partial charge on any atom is -0.496 e. The molecule has 0 radical (unpaired) electrons. The number of nitrogens with zero attached hydrogens (tertiary/aromatic N) is 1. The van der Waals surface area contributed by atoms with Crippen LogP contribution < -0.4 is 15.4 Å². The third-order valence-electron chi connectivity index (χ3n) is 5.15. The predicted molar refractivity (Wildman–Crippen MR) is 117 cm³/mol. The second-order valence-electron chi connectivity index (χ2n) is 7.40. The van der Waals surface area contributed by atoms with Crippen LogP contribution in [0.15, 0.2) is 47.4 Å². The Morgan fingerprint density at radius 1 is 1.15 bits per heavy atom. The Kier molecular flexibility index (Phi) is 8.53. The van der Waals surface area contributed by atoms with Crippen LogP contribution in [0.25, 0.3) is 0 Å². The molecule has 0 saturated carbocycles. The number of benzene rings is 2. The van der Waals surface area contributed by atoms with E-state index in [0.29, 0.717) is 24.7 Å². The largest absolute Gasteiger partial charge is 0.496 e. The number of ether oxygens (including phenoxy) is 2. The van der Waals surface area contributed by atoms with E-state index in [1.807, 2.05) is 18.2 Å². The van der Waals surface area contributed by atoms with Gasteiger partial charge < -0.3 is 20.1 Å². The van der Waals surface area contributed by atoms with Crippen molar-refractivity contribution in [1.29, 1.82) is 0 Å². The van der Waals surface area contributed by atoms with Gasteiger partial charge in [0, 0.05) is 13.1 Å². The quantitative estimate of drug-likeness (QED) is 0.530. The van der Waals surface area contributed by atoms with E-state index in [9.17, 15) is 26.8 Å². The lowest BCUT2D eigenvalue weighted by Crippen LogP contribution is -2.53. The number of para-hydroxylation sites is 1. The number of amides is 2. The fraction of sp³-hybridized carbons (Fsp3) is 0.364. The fourth-order valence-electron chi connectivity index (χ4n) is 3.46. The molecule has 0 spiro atoms. The van der Waals surface area contributed by atoms with Crippen molar-refractivity contribution in [2.75, 3.05) is 33.4 Å². The summed E-state index contributed by atoms with van der Waals surface area (Å²) in [7, 11) is -2.92. The van der Waals surface area contributed by atoms with Gasteiger partial charge in [-0.3, -0.25) is 9.59 Å². The second kappa shape index (κ2) is 11.4. The van der Waals surface area contributed by atoms with E-state index < -0.39 is 44.6 Å². The molecule has 2 N–H and O–H groups in total. The highest BCUT2D eigenvalue weighted by atomic mass is 32.2. The number of carbonyl (C=O) groups excluding carboxylic acids is 2. The molecule has 34 heavy (non-hydrogen) atoms. The Hall–Kier alpha value is -3.09. The first-order valence-corrected chi connectivity index (χ1v) is 11.9. The molecule has 1 aliphatic rings. The van der Waals surface area contributed by atoms with Gasteiger partial charge in [-0.2, -0.15) is 4.31 Å². The third-order valence-corrected chi connectivity index (χ3v) is 7.05. The lowest BCUT2D eigenvalue weighted by atomic mass is 10.1. The average molecular weight is 498 g/mol. The Morgan fingerprint density at radius 3 is 2.65 bits per heavy atom. The summed E-state index contributed by atoms with van der Waals surface area (Å²) in [5.74, 6) is -3.25. The topological polar surface area (TPSA) is 114 Å². The molecule has 2 aromatic carbocycles. The first kappa shape index (κ1) is 25.5. The molecule has 1 fully saturated rings. The van der Waals surface area contributed by atoms with E-state index in [-0.39, 0.29) is 26.2 Å². The molecular weight excluding hydrogens is 472 g/mol. The van der Waals surface area contributed by atoms with Gasteiger partial charge in [0.05, 0.1) is 20.3 Å². The van der Waals surface area contributed by atoms with E-state index in [1.54, 1.807) is 6.07 Å². The van der Waals surface area contributed by atoms with Gasteiger partial charge in [0.15, 0.2) is 0 Å². The van der Waals surface area contributed by atoms with Crippen LogP contribution in [0.2, 0.25) is 0 Å². The highest BCUT2D eigenvalue weighted by Gasteiger charge is 2.36. The smallest absolute Gasteiger partial charge is 0.309 e. The van der Waals surface area contributed by atoms with Crippen molar-refractivity contribution >= 4 is 21.8 Å². The van der Waals surface area contributed by atoms with Crippen molar-refractivity contribution in [3.05, 3.63) is 59.7 Å². The standard InChI is InChI=1S/C22H25F2N3O6S/c1-32-18-6-3-2-5-15(18)9-10-25-21(28)22(29)26-14-20-27(11-4-12-33-20)34(30,31)19-13-16(23)7-8-17(19)24/h2-3,5-8,13,20H,4,9-12,14H2,1H3,(H,25,28)(H,26,29)/t20-/m1/s1. The van der Waals surface area contributed by atoms with E-state index in [0.717, 1.165) is 22.0 Å². The second-order valence-corrected chi connectivity index (χ2v) is 9.26. The maximum Gasteiger partial charge on any atom is 0.309 e. The predicted octanol–water partition coefficient (Wildman–Crippen LogP) is 1.19. The summed E-state index contributed by atoms with van der Waals surface area (Å²) in [6.45, 7) is -0.00590. The molecule has 2 amide bonds. The monoisotopic (exact) mass is 497 g/mol. The van der Waals surface area contributed by atoms with Gasteiger partial charge in [-0.1, -0.05) is 18.2 Å². The molecule has 1 heterocycles. The number of nitrogens with one attached hydrogen (secondary N) is 2. The van der Waals surface area contributed by atoms with Crippen LogP contribution in [0.4, 0.5) is 8.78 Å². The highest BCUT2D eigenvalue weighted by molar-refractivity contribution is 7.89. The zero-order valence-electron chi connectivity index (χ0n) is 18.4. The van der Waals surface area contributed by atoms with Crippen LogP contribution in [-0.2, 0) is 30.8 Å². The Labute approximate surface area is 196 Å². The molecule has 1 saturated heterocycles. The van der Waals surface area contributed by atoms with Gasteiger partial charge in [-0.05, 0) is 42.7 Å². The van der Waals surface area contributed by atoms with Crippen molar-refractivity contribution in [3.8, 4) is 5.75 Å². The number of hydrogen-bond acceptors (Lipinski definition) is 6. The van der Waals surface area contributed by atoms with Gasteiger partial charge in [-0.15, -0.1) is 0 Å². The maximum absolute atomic E-state index is 14.1. The summed E-state index contributed by atoms with van der Waals surface area (Å²) in [5.41, 5.74) is 0.853. The zero-order chi connectivity index (χ0) is 24.7. The van der Waals surface area contributed by atoms with Crippen molar-refractivity contribution in [2.24, 2.45) is 0 Å². The highest BCUT2D eigenvalue weighted by Crippen LogP contribution is 2.25. The number of sulfonamides is 1. The van der Waals surface area contributed by atoms with Gasteiger partial charge in [-0.25, -0.2) is 17.2 Å². The lowest BCUT2D eigenvalue weighted by molar-refractivity contribution is -0.140. The van der Waals surface area contributed by atoms with Gasteiger partial charge in [0.2, 0.25) is 10.0 Å². The van der Waals surface area contributed by atoms with Gasteiger partial charge >= 0.3 is 11.8 Å². The van der Waals surface area contributed by atoms with Gasteiger partial charge in [0.1, 0.15) is 28.5 Å². The van der Waals surface area contributed by atoms with Crippen LogP contribution in [0.1, 0.15) is 12.0 Å². The first-order chi connectivity index (χ1) is 16.2. The number of hydrogen-bond donors (Lipinski definition) is 2. The van der Waals surface area contributed by atoms with Crippen molar-refractivity contribution in [1.82, 2.24) is 14.9 Å². The summed E-state index contributed by atoms with van der Waals surface area (Å²) in [5, 5.41) is 4.81. The van der Waals surface area contributed by atoms with E-state index >= 15 is 0 Å². The normalized spacial score (nSPS) is 16.6. The first-order valence-electron chi connectivity index (χ1n) is 10.5. The molecule has 2 aromatic rings. The van der Waals surface area contributed by atoms with E-state index in [4.69, 9.17) is 9.47 Å². The van der Waals surface area contributed by atoms with Crippen molar-refractivity contribution in [3.63, 3.8) is 0 Å². The molecule has 3 rings (SSSR count). The number of carbonyl (C=O) groups is 2. The third kappa shape index (κ3) is 6.07. The van der Waals surface area contributed by atoms with Crippen molar-refractivity contribution in [2.45, 2.75) is 24.0 Å². The molecule has 0 unspecified atom stereocenters. The Morgan fingerprint density at radius 2 is 1.88 bits per heavy atom. The van der Waals surface area contributed by atoms with E-state index in [1.165, 1.54) is 7.11 Å². The molecule has 0 aliphatic carbocycles. The van der Waals surface area contributed by atoms with Crippen LogP contribution in [0, 0.1) is 11.6 Å². The molecule has 9 nitrogen and oxygen atoms in total.